The molecular weight excluding hydrogens is 407 g/mol. The summed E-state index contributed by atoms with van der Waals surface area (Å²) in [6, 6.07) is 8.55. The number of amidine groups is 2. The van der Waals surface area contributed by atoms with Crippen molar-refractivity contribution in [3.05, 3.63) is 51.7 Å². The smallest absolute Gasteiger partial charge is 0.283 e. The molecule has 0 unspecified atom stereocenters. The van der Waals surface area contributed by atoms with Crippen molar-refractivity contribution >= 4 is 63.0 Å². The lowest BCUT2D eigenvalue weighted by molar-refractivity contribution is -0.114. The van der Waals surface area contributed by atoms with Gasteiger partial charge in [0, 0.05) is 15.6 Å². The molecule has 0 bridgehead atoms. The Kier molecular flexibility index (Phi) is 4.67. The molecule has 0 atom stereocenters. The summed E-state index contributed by atoms with van der Waals surface area (Å²) >= 11 is 13.4. The molecule has 6 nitrogen and oxygen atoms in total. The summed E-state index contributed by atoms with van der Waals surface area (Å²) in [5.41, 5.74) is 0.834. The first-order chi connectivity index (χ1) is 12.9. The van der Waals surface area contributed by atoms with Gasteiger partial charge in [-0.1, -0.05) is 30.1 Å². The number of carbonyl (C=O) groups excluding carboxylic acids is 1. The summed E-state index contributed by atoms with van der Waals surface area (Å²) < 4.78 is 5.78. The Labute approximate surface area is 169 Å². The minimum absolute atomic E-state index is 0.0234. The molecule has 1 amide bonds. The van der Waals surface area contributed by atoms with E-state index in [-0.39, 0.29) is 11.4 Å². The van der Waals surface area contributed by atoms with Gasteiger partial charge in [0.2, 0.25) is 5.17 Å². The Bertz CT molecular complexity index is 1050. The van der Waals surface area contributed by atoms with Crippen molar-refractivity contribution in [2.75, 3.05) is 0 Å². The fraction of sp³-hybridized carbons (Fsp3) is 0.111. The number of fused-ring (bicyclic) bond motifs is 1. The average molecular weight is 419 g/mol. The number of rotatable bonds is 3. The van der Waals surface area contributed by atoms with Crippen molar-refractivity contribution in [1.82, 2.24) is 5.01 Å². The van der Waals surface area contributed by atoms with Crippen molar-refractivity contribution in [3.8, 4) is 11.3 Å². The molecule has 136 valence electrons. The zero-order valence-corrected chi connectivity index (χ0v) is 16.3. The largest absolute Gasteiger partial charge is 0.457 e. The van der Waals surface area contributed by atoms with Crippen LogP contribution < -0.4 is 0 Å². The van der Waals surface area contributed by atoms with E-state index in [2.05, 4.69) is 10.1 Å². The van der Waals surface area contributed by atoms with Gasteiger partial charge in [-0.25, -0.2) is 0 Å². The molecule has 2 aliphatic rings. The molecule has 9 heteroatoms. The molecule has 1 aromatic heterocycles. The van der Waals surface area contributed by atoms with E-state index < -0.39 is 5.91 Å². The fourth-order valence-corrected chi connectivity index (χ4v) is 3.95. The van der Waals surface area contributed by atoms with E-state index >= 15 is 0 Å². The molecule has 0 saturated carbocycles. The molecule has 2 aliphatic heterocycles. The van der Waals surface area contributed by atoms with Crippen LogP contribution in [0.1, 0.15) is 19.1 Å². The highest BCUT2D eigenvalue weighted by Gasteiger charge is 2.35. The van der Waals surface area contributed by atoms with E-state index in [0.29, 0.717) is 33.2 Å². The van der Waals surface area contributed by atoms with Gasteiger partial charge in [0.1, 0.15) is 16.6 Å². The molecular formula is C18H12Cl2N4O2S. The van der Waals surface area contributed by atoms with Crippen LogP contribution in [0.4, 0.5) is 0 Å². The number of benzene rings is 1. The molecule has 4 rings (SSSR count). The topological polar surface area (TPSA) is 82.0 Å². The Morgan fingerprint density at radius 3 is 2.70 bits per heavy atom. The van der Waals surface area contributed by atoms with Crippen LogP contribution in [-0.4, -0.2) is 27.0 Å². The third-order valence-corrected chi connectivity index (χ3v) is 5.35. The van der Waals surface area contributed by atoms with Crippen LogP contribution in [0.3, 0.4) is 0 Å². The van der Waals surface area contributed by atoms with Gasteiger partial charge in [0.15, 0.2) is 5.84 Å². The van der Waals surface area contributed by atoms with Crippen molar-refractivity contribution < 1.29 is 9.21 Å². The number of nitrogens with zero attached hydrogens (tertiary/aromatic N) is 3. The summed E-state index contributed by atoms with van der Waals surface area (Å²) in [7, 11) is 0. The van der Waals surface area contributed by atoms with Crippen LogP contribution >= 0.6 is 35.0 Å². The molecule has 0 saturated heterocycles. The summed E-state index contributed by atoms with van der Waals surface area (Å²) in [4.78, 5) is 16.4. The van der Waals surface area contributed by atoms with Gasteiger partial charge in [0.05, 0.1) is 5.57 Å². The number of aliphatic imine (C=N–C) groups is 1. The first kappa shape index (κ1) is 18.0. The van der Waals surface area contributed by atoms with Gasteiger partial charge in [-0.15, -0.1) is 0 Å². The van der Waals surface area contributed by atoms with Crippen LogP contribution in [0.5, 0.6) is 0 Å². The van der Waals surface area contributed by atoms with Crippen LogP contribution in [0.2, 0.25) is 10.0 Å². The highest BCUT2D eigenvalue weighted by atomic mass is 35.5. The SMILES string of the molecule is CCC1=NN2C(=N)/C(=C\c3ccc(-c4cc(Cl)cc(Cl)c4)o3)C(=O)N=C2S1. The molecule has 0 radical (unpaired) electrons. The maximum atomic E-state index is 12.3. The standard InChI is InChI=1S/C18H12Cl2N4O2S/c1-2-15-23-24-16(21)13(17(25)22-18(24)27-15)8-12-3-4-14(26-12)9-5-10(19)7-11(20)6-9/h3-8,21H,2H2,1H3/b13-8+,21-16?. The number of carbonyl (C=O) groups is 1. The quantitative estimate of drug-likeness (QED) is 0.686. The first-order valence-corrected chi connectivity index (χ1v) is 9.57. The van der Waals surface area contributed by atoms with E-state index in [9.17, 15) is 4.79 Å². The molecule has 1 N–H and O–H groups in total. The third kappa shape index (κ3) is 3.45. The predicted molar refractivity (Wildman–Crippen MR) is 109 cm³/mol. The maximum Gasteiger partial charge on any atom is 0.283 e. The van der Waals surface area contributed by atoms with Crippen molar-refractivity contribution in [3.63, 3.8) is 0 Å². The zero-order chi connectivity index (χ0) is 19.1. The van der Waals surface area contributed by atoms with E-state index in [1.807, 2.05) is 6.92 Å². The number of hydrogen-bond donors (Lipinski definition) is 1. The lowest BCUT2D eigenvalue weighted by Crippen LogP contribution is -2.35. The van der Waals surface area contributed by atoms with Crippen LogP contribution in [0.15, 0.2) is 50.4 Å². The van der Waals surface area contributed by atoms with Gasteiger partial charge in [-0.2, -0.15) is 15.1 Å². The Hall–Kier alpha value is -2.35. The Morgan fingerprint density at radius 1 is 1.26 bits per heavy atom. The van der Waals surface area contributed by atoms with E-state index in [1.165, 1.54) is 22.8 Å². The highest BCUT2D eigenvalue weighted by Crippen LogP contribution is 2.31. The minimum Gasteiger partial charge on any atom is -0.457 e. The van der Waals surface area contributed by atoms with Crippen molar-refractivity contribution in [1.29, 1.82) is 5.41 Å². The Balaban J connectivity index is 1.67. The van der Waals surface area contributed by atoms with Crippen LogP contribution in [0.25, 0.3) is 17.4 Å². The third-order valence-electron chi connectivity index (χ3n) is 3.86. The second kappa shape index (κ2) is 6.99. The van der Waals surface area contributed by atoms with Gasteiger partial charge in [-0.3, -0.25) is 10.2 Å². The number of thioether (sulfide) groups is 1. The second-order valence-electron chi connectivity index (χ2n) is 5.73. The molecule has 3 heterocycles. The summed E-state index contributed by atoms with van der Waals surface area (Å²) in [5, 5.41) is 16.2. The van der Waals surface area contributed by atoms with E-state index in [4.69, 9.17) is 33.0 Å². The van der Waals surface area contributed by atoms with Gasteiger partial charge in [0.25, 0.3) is 5.91 Å². The second-order valence-corrected chi connectivity index (χ2v) is 7.64. The van der Waals surface area contributed by atoms with Gasteiger partial charge in [-0.05, 0) is 54.6 Å². The van der Waals surface area contributed by atoms with Gasteiger partial charge < -0.3 is 4.42 Å². The predicted octanol–water partition coefficient (Wildman–Crippen LogP) is 5.28. The van der Waals surface area contributed by atoms with Crippen molar-refractivity contribution in [2.24, 2.45) is 10.1 Å². The number of hydrogen-bond acceptors (Lipinski definition) is 5. The van der Waals surface area contributed by atoms with E-state index in [0.717, 1.165) is 10.6 Å². The summed E-state index contributed by atoms with van der Waals surface area (Å²) in [6.45, 7) is 1.96. The Morgan fingerprint density at radius 2 is 2.00 bits per heavy atom. The van der Waals surface area contributed by atoms with E-state index in [1.54, 1.807) is 30.3 Å². The average Bonchev–Trinajstić information content (AvgIpc) is 3.24. The molecule has 2 aromatic rings. The molecule has 0 fully saturated rings. The fourth-order valence-electron chi connectivity index (χ4n) is 2.60. The summed E-state index contributed by atoms with van der Waals surface area (Å²) in [6.07, 6.45) is 2.20. The van der Waals surface area contributed by atoms with Gasteiger partial charge >= 0.3 is 0 Å². The van der Waals surface area contributed by atoms with Crippen molar-refractivity contribution in [2.45, 2.75) is 13.3 Å². The maximum absolute atomic E-state index is 12.3. The number of furan rings is 1. The summed E-state index contributed by atoms with van der Waals surface area (Å²) in [5.74, 6) is 0.451. The lowest BCUT2D eigenvalue weighted by atomic mass is 10.1. The molecule has 1 aromatic carbocycles. The lowest BCUT2D eigenvalue weighted by Gasteiger charge is -2.19. The minimum atomic E-state index is -0.491. The number of halogens is 2. The molecule has 0 aliphatic carbocycles. The first-order valence-electron chi connectivity index (χ1n) is 8.00. The number of amides is 1. The highest BCUT2D eigenvalue weighted by molar-refractivity contribution is 8.26. The zero-order valence-electron chi connectivity index (χ0n) is 14.0. The monoisotopic (exact) mass is 418 g/mol. The molecule has 27 heavy (non-hydrogen) atoms. The van der Waals surface area contributed by atoms with Crippen LogP contribution in [-0.2, 0) is 4.79 Å². The normalized spacial score (nSPS) is 18.0. The van der Waals surface area contributed by atoms with Crippen LogP contribution in [0, 0.1) is 5.41 Å². The molecule has 0 spiro atoms. The number of nitrogens with one attached hydrogen (secondary N) is 1. The number of hydrazone groups is 1.